The lowest BCUT2D eigenvalue weighted by Crippen LogP contribution is -2.41. The number of morpholine rings is 1. The molecule has 1 aromatic rings. The van der Waals surface area contributed by atoms with Crippen LogP contribution in [0.4, 0.5) is 0 Å². The number of amides is 1. The van der Waals surface area contributed by atoms with E-state index in [0.717, 1.165) is 32.8 Å². The van der Waals surface area contributed by atoms with Gasteiger partial charge in [0.25, 0.3) is 5.91 Å². The van der Waals surface area contributed by atoms with Gasteiger partial charge in [-0.2, -0.15) is 0 Å². The zero-order valence-electron chi connectivity index (χ0n) is 12.6. The highest BCUT2D eigenvalue weighted by Crippen LogP contribution is 2.27. The smallest absolute Gasteiger partial charge is 0.251 e. The largest absolute Gasteiger partial charge is 0.493 e. The summed E-state index contributed by atoms with van der Waals surface area (Å²) in [5, 5.41) is 2.92. The van der Waals surface area contributed by atoms with Crippen molar-refractivity contribution in [2.24, 2.45) is 0 Å². The number of benzene rings is 1. The number of nitrogens with zero attached hydrogens (tertiary/aromatic N) is 1. The highest BCUT2D eigenvalue weighted by Gasteiger charge is 2.12. The molecule has 1 aliphatic rings. The lowest BCUT2D eigenvalue weighted by Gasteiger charge is -2.26. The molecule has 116 valence electrons. The summed E-state index contributed by atoms with van der Waals surface area (Å²) in [6, 6.07) is 5.14. The van der Waals surface area contributed by atoms with E-state index >= 15 is 0 Å². The zero-order valence-corrected chi connectivity index (χ0v) is 12.6. The number of carbonyl (C=O) groups is 1. The second kappa shape index (κ2) is 7.85. The van der Waals surface area contributed by atoms with Gasteiger partial charge >= 0.3 is 0 Å². The first-order chi connectivity index (χ1) is 10.2. The average Bonchev–Trinajstić information content (AvgIpc) is 2.55. The van der Waals surface area contributed by atoms with Crippen LogP contribution in [0.1, 0.15) is 10.4 Å². The molecule has 0 radical (unpaired) electrons. The van der Waals surface area contributed by atoms with Crippen LogP contribution in [0, 0.1) is 0 Å². The van der Waals surface area contributed by atoms with E-state index in [-0.39, 0.29) is 5.91 Å². The maximum atomic E-state index is 12.1. The number of ether oxygens (including phenoxy) is 3. The average molecular weight is 294 g/mol. The molecule has 6 nitrogen and oxygen atoms in total. The molecule has 1 N–H and O–H groups in total. The first-order valence-corrected chi connectivity index (χ1v) is 7.05. The number of rotatable bonds is 6. The normalized spacial score (nSPS) is 15.5. The van der Waals surface area contributed by atoms with Crippen molar-refractivity contribution in [1.82, 2.24) is 10.2 Å². The molecule has 21 heavy (non-hydrogen) atoms. The molecule has 1 fully saturated rings. The Kier molecular flexibility index (Phi) is 5.83. The number of hydrogen-bond acceptors (Lipinski definition) is 5. The van der Waals surface area contributed by atoms with Crippen LogP contribution in [0.2, 0.25) is 0 Å². The van der Waals surface area contributed by atoms with Crippen molar-refractivity contribution in [3.05, 3.63) is 23.8 Å². The lowest BCUT2D eigenvalue weighted by molar-refractivity contribution is 0.0383. The molecule has 0 bridgehead atoms. The quantitative estimate of drug-likeness (QED) is 0.839. The SMILES string of the molecule is COc1ccc(C(=O)NCCN2CCOCC2)cc1OC. The molecule has 1 aliphatic heterocycles. The van der Waals surface area contributed by atoms with E-state index in [1.165, 1.54) is 0 Å². The highest BCUT2D eigenvalue weighted by atomic mass is 16.5. The Balaban J connectivity index is 1.85. The number of nitrogens with one attached hydrogen (secondary N) is 1. The molecule has 2 rings (SSSR count). The highest BCUT2D eigenvalue weighted by molar-refractivity contribution is 5.94. The van der Waals surface area contributed by atoms with Gasteiger partial charge in [-0.15, -0.1) is 0 Å². The summed E-state index contributed by atoms with van der Waals surface area (Å²) in [6.45, 7) is 4.83. The number of carbonyl (C=O) groups excluding carboxylic acids is 1. The molecule has 1 amide bonds. The van der Waals surface area contributed by atoms with E-state index in [9.17, 15) is 4.79 Å². The minimum Gasteiger partial charge on any atom is -0.493 e. The summed E-state index contributed by atoms with van der Waals surface area (Å²) in [4.78, 5) is 14.4. The number of hydrogen-bond donors (Lipinski definition) is 1. The molecule has 6 heteroatoms. The van der Waals surface area contributed by atoms with Crippen molar-refractivity contribution in [1.29, 1.82) is 0 Å². The van der Waals surface area contributed by atoms with Crippen LogP contribution in [0.3, 0.4) is 0 Å². The van der Waals surface area contributed by atoms with E-state index in [1.807, 2.05) is 0 Å². The fourth-order valence-electron chi connectivity index (χ4n) is 2.23. The van der Waals surface area contributed by atoms with Crippen LogP contribution in [-0.2, 0) is 4.74 Å². The standard InChI is InChI=1S/C15H22N2O4/c1-19-13-4-3-12(11-14(13)20-2)15(18)16-5-6-17-7-9-21-10-8-17/h3-4,11H,5-10H2,1-2H3,(H,16,18). The third kappa shape index (κ3) is 4.34. The van der Waals surface area contributed by atoms with Gasteiger partial charge in [0.15, 0.2) is 11.5 Å². The second-order valence-corrected chi connectivity index (χ2v) is 4.78. The molecule has 1 saturated heterocycles. The van der Waals surface area contributed by atoms with Gasteiger partial charge in [0.1, 0.15) is 0 Å². The van der Waals surface area contributed by atoms with Crippen molar-refractivity contribution in [3.8, 4) is 11.5 Å². The third-order valence-corrected chi connectivity index (χ3v) is 3.46. The van der Waals surface area contributed by atoms with Gasteiger partial charge in [0, 0.05) is 31.7 Å². The van der Waals surface area contributed by atoms with Crippen molar-refractivity contribution < 1.29 is 19.0 Å². The van der Waals surface area contributed by atoms with Gasteiger partial charge in [0.2, 0.25) is 0 Å². The Morgan fingerprint density at radius 2 is 1.95 bits per heavy atom. The number of methoxy groups -OCH3 is 2. The van der Waals surface area contributed by atoms with Crippen molar-refractivity contribution >= 4 is 5.91 Å². The summed E-state index contributed by atoms with van der Waals surface area (Å²) < 4.78 is 15.6. The minimum absolute atomic E-state index is 0.107. The van der Waals surface area contributed by atoms with Gasteiger partial charge in [-0.25, -0.2) is 0 Å². The van der Waals surface area contributed by atoms with E-state index in [0.29, 0.717) is 23.6 Å². The fourth-order valence-corrected chi connectivity index (χ4v) is 2.23. The van der Waals surface area contributed by atoms with Crippen molar-refractivity contribution in [3.63, 3.8) is 0 Å². The minimum atomic E-state index is -0.107. The third-order valence-electron chi connectivity index (χ3n) is 3.46. The summed E-state index contributed by atoms with van der Waals surface area (Å²) >= 11 is 0. The summed E-state index contributed by atoms with van der Waals surface area (Å²) in [5.41, 5.74) is 0.564. The predicted octanol–water partition coefficient (Wildman–Crippen LogP) is 0.766. The molecule has 1 heterocycles. The Hall–Kier alpha value is -1.79. The molecule has 0 aromatic heterocycles. The van der Waals surface area contributed by atoms with Gasteiger partial charge < -0.3 is 19.5 Å². The van der Waals surface area contributed by atoms with E-state index < -0.39 is 0 Å². The van der Waals surface area contributed by atoms with Crippen LogP contribution in [0.5, 0.6) is 11.5 Å². The van der Waals surface area contributed by atoms with E-state index in [2.05, 4.69) is 10.2 Å². The second-order valence-electron chi connectivity index (χ2n) is 4.78. The van der Waals surface area contributed by atoms with Crippen LogP contribution >= 0.6 is 0 Å². The molecular formula is C15H22N2O4. The topological polar surface area (TPSA) is 60.0 Å². The maximum Gasteiger partial charge on any atom is 0.251 e. The summed E-state index contributed by atoms with van der Waals surface area (Å²) in [6.07, 6.45) is 0. The Labute approximate surface area is 125 Å². The van der Waals surface area contributed by atoms with Gasteiger partial charge in [-0.05, 0) is 18.2 Å². The van der Waals surface area contributed by atoms with E-state index in [4.69, 9.17) is 14.2 Å². The van der Waals surface area contributed by atoms with Crippen LogP contribution in [-0.4, -0.2) is 64.4 Å². The molecule has 0 saturated carbocycles. The van der Waals surface area contributed by atoms with Crippen LogP contribution in [0.25, 0.3) is 0 Å². The predicted molar refractivity (Wildman–Crippen MR) is 79.1 cm³/mol. The lowest BCUT2D eigenvalue weighted by atomic mass is 10.2. The first kappa shape index (κ1) is 15.6. The van der Waals surface area contributed by atoms with E-state index in [1.54, 1.807) is 32.4 Å². The molecule has 0 spiro atoms. The van der Waals surface area contributed by atoms with Gasteiger partial charge in [-0.1, -0.05) is 0 Å². The molecule has 0 unspecified atom stereocenters. The zero-order chi connectivity index (χ0) is 15.1. The Bertz CT molecular complexity index is 473. The van der Waals surface area contributed by atoms with Crippen molar-refractivity contribution in [2.45, 2.75) is 0 Å². The summed E-state index contributed by atoms with van der Waals surface area (Å²) in [5.74, 6) is 1.06. The van der Waals surface area contributed by atoms with Crippen LogP contribution in [0.15, 0.2) is 18.2 Å². The maximum absolute atomic E-state index is 12.1. The molecule has 0 aliphatic carbocycles. The monoisotopic (exact) mass is 294 g/mol. The summed E-state index contributed by atoms with van der Waals surface area (Å²) in [7, 11) is 3.12. The Morgan fingerprint density at radius 3 is 2.62 bits per heavy atom. The van der Waals surface area contributed by atoms with Gasteiger partial charge in [-0.3, -0.25) is 9.69 Å². The molecule has 0 atom stereocenters. The molecular weight excluding hydrogens is 272 g/mol. The molecule has 1 aromatic carbocycles. The fraction of sp³-hybridized carbons (Fsp3) is 0.533. The first-order valence-electron chi connectivity index (χ1n) is 7.05. The van der Waals surface area contributed by atoms with Crippen molar-refractivity contribution in [2.75, 3.05) is 53.6 Å². The van der Waals surface area contributed by atoms with Gasteiger partial charge in [0.05, 0.1) is 27.4 Å². The van der Waals surface area contributed by atoms with Crippen LogP contribution < -0.4 is 14.8 Å². The Morgan fingerprint density at radius 1 is 1.24 bits per heavy atom.